The molecule has 1 aliphatic rings. The molecule has 4 heteroatoms. The summed E-state index contributed by atoms with van der Waals surface area (Å²) in [6.07, 6.45) is 1.72. The number of anilines is 2. The Balaban J connectivity index is 1.54. The number of likely N-dealkylation sites (N-methyl/N-ethyl adjacent to an activating group) is 1. The van der Waals surface area contributed by atoms with Crippen LogP contribution in [0.3, 0.4) is 0 Å². The lowest BCUT2D eigenvalue weighted by Gasteiger charge is -2.37. The minimum atomic E-state index is 0.794. The number of benzene rings is 1. The van der Waals surface area contributed by atoms with Crippen LogP contribution in [0.2, 0.25) is 0 Å². The molecule has 0 atom stereocenters. The lowest BCUT2D eigenvalue weighted by molar-refractivity contribution is 0.483. The highest BCUT2D eigenvalue weighted by Crippen LogP contribution is 2.31. The van der Waals surface area contributed by atoms with Gasteiger partial charge in [-0.1, -0.05) is 12.1 Å². The van der Waals surface area contributed by atoms with Crippen molar-refractivity contribution in [1.29, 1.82) is 0 Å². The number of hydrogen-bond donors (Lipinski definition) is 1. The van der Waals surface area contributed by atoms with E-state index in [4.69, 9.17) is 4.42 Å². The summed E-state index contributed by atoms with van der Waals surface area (Å²) in [5.74, 6) is 0.990. The number of fused-ring (bicyclic) bond motifs is 1. The normalized spacial score (nSPS) is 14.4. The summed E-state index contributed by atoms with van der Waals surface area (Å²) in [4.78, 5) is 4.77. The summed E-state index contributed by atoms with van der Waals surface area (Å²) in [5, 5.41) is 3.43. The van der Waals surface area contributed by atoms with Gasteiger partial charge in [-0.15, -0.1) is 0 Å². The first-order valence-corrected chi connectivity index (χ1v) is 7.13. The van der Waals surface area contributed by atoms with Crippen LogP contribution < -0.4 is 15.1 Å². The van der Waals surface area contributed by atoms with Crippen LogP contribution in [0.1, 0.15) is 5.76 Å². The highest BCUT2D eigenvalue weighted by Gasteiger charge is 2.18. The second-order valence-electron chi connectivity index (χ2n) is 5.15. The highest BCUT2D eigenvalue weighted by atomic mass is 16.3. The number of furan rings is 1. The Morgan fingerprint density at radius 2 is 1.95 bits per heavy atom. The van der Waals surface area contributed by atoms with Gasteiger partial charge in [-0.25, -0.2) is 0 Å². The predicted molar refractivity (Wildman–Crippen MR) is 82.3 cm³/mol. The zero-order valence-corrected chi connectivity index (χ0v) is 11.9. The molecule has 0 saturated heterocycles. The first-order chi connectivity index (χ1) is 9.84. The van der Waals surface area contributed by atoms with Gasteiger partial charge in [0, 0.05) is 33.2 Å². The lowest BCUT2D eigenvalue weighted by Crippen LogP contribution is -2.42. The molecule has 4 nitrogen and oxygen atoms in total. The number of hydrogen-bond acceptors (Lipinski definition) is 4. The summed E-state index contributed by atoms with van der Waals surface area (Å²) < 4.78 is 5.31. The molecule has 0 saturated carbocycles. The largest absolute Gasteiger partial charge is 0.468 e. The molecular formula is C16H21N3O. The quantitative estimate of drug-likeness (QED) is 0.846. The molecule has 2 aromatic rings. The number of nitrogens with zero attached hydrogens (tertiary/aromatic N) is 2. The fraction of sp³-hybridized carbons (Fsp3) is 0.375. The van der Waals surface area contributed by atoms with Crippen LogP contribution in [0, 0.1) is 0 Å². The third-order valence-corrected chi connectivity index (χ3v) is 3.78. The van der Waals surface area contributed by atoms with Crippen molar-refractivity contribution >= 4 is 11.4 Å². The molecule has 0 bridgehead atoms. The van der Waals surface area contributed by atoms with Crippen LogP contribution in [0.25, 0.3) is 0 Å². The zero-order chi connectivity index (χ0) is 13.8. The third kappa shape index (κ3) is 2.80. The van der Waals surface area contributed by atoms with Crippen molar-refractivity contribution in [2.75, 3.05) is 43.0 Å². The van der Waals surface area contributed by atoms with Gasteiger partial charge < -0.3 is 19.5 Å². The zero-order valence-electron chi connectivity index (χ0n) is 11.9. The molecule has 3 rings (SSSR count). The fourth-order valence-electron chi connectivity index (χ4n) is 2.64. The summed E-state index contributed by atoms with van der Waals surface area (Å²) in [7, 11) is 2.16. The van der Waals surface area contributed by atoms with Gasteiger partial charge in [0.1, 0.15) is 5.76 Å². The van der Waals surface area contributed by atoms with Crippen molar-refractivity contribution in [2.45, 2.75) is 6.54 Å². The second kappa shape index (κ2) is 6.01. The second-order valence-corrected chi connectivity index (χ2v) is 5.15. The Labute approximate surface area is 120 Å². The SMILES string of the molecule is CN1CCN(CCNCc2ccco2)c2ccccc21. The van der Waals surface area contributed by atoms with Crippen LogP contribution >= 0.6 is 0 Å². The molecule has 0 amide bonds. The van der Waals surface area contributed by atoms with Gasteiger partial charge in [-0.3, -0.25) is 0 Å². The molecular weight excluding hydrogens is 250 g/mol. The van der Waals surface area contributed by atoms with E-state index in [1.54, 1.807) is 6.26 Å². The van der Waals surface area contributed by atoms with E-state index in [1.807, 2.05) is 12.1 Å². The van der Waals surface area contributed by atoms with Crippen molar-refractivity contribution in [3.05, 3.63) is 48.4 Å². The van der Waals surface area contributed by atoms with Gasteiger partial charge in [0.05, 0.1) is 24.2 Å². The topological polar surface area (TPSA) is 31.6 Å². The predicted octanol–water partition coefficient (Wildman–Crippen LogP) is 2.33. The molecule has 1 aromatic carbocycles. The van der Waals surface area contributed by atoms with Crippen molar-refractivity contribution in [1.82, 2.24) is 5.32 Å². The van der Waals surface area contributed by atoms with Gasteiger partial charge in [-0.05, 0) is 24.3 Å². The van der Waals surface area contributed by atoms with E-state index in [1.165, 1.54) is 11.4 Å². The van der Waals surface area contributed by atoms with E-state index < -0.39 is 0 Å². The molecule has 2 heterocycles. The smallest absolute Gasteiger partial charge is 0.117 e. The first kappa shape index (κ1) is 13.1. The fourth-order valence-corrected chi connectivity index (χ4v) is 2.64. The molecule has 1 aliphatic heterocycles. The molecule has 1 N–H and O–H groups in total. The standard InChI is InChI=1S/C16H21N3O/c1-18-10-11-19(16-7-3-2-6-15(16)18)9-8-17-13-14-5-4-12-20-14/h2-7,12,17H,8-11,13H2,1H3. The summed E-state index contributed by atoms with van der Waals surface area (Å²) in [5.41, 5.74) is 2.66. The van der Waals surface area contributed by atoms with E-state index in [0.717, 1.165) is 38.5 Å². The number of rotatable bonds is 5. The Morgan fingerprint density at radius 3 is 2.75 bits per heavy atom. The summed E-state index contributed by atoms with van der Waals surface area (Å²) in [6, 6.07) is 12.5. The average Bonchev–Trinajstić information content (AvgIpc) is 2.99. The number of para-hydroxylation sites is 2. The molecule has 106 valence electrons. The van der Waals surface area contributed by atoms with E-state index in [0.29, 0.717) is 0 Å². The molecule has 0 unspecified atom stereocenters. The average molecular weight is 271 g/mol. The Bertz CT molecular complexity index is 538. The van der Waals surface area contributed by atoms with E-state index >= 15 is 0 Å². The molecule has 0 radical (unpaired) electrons. The van der Waals surface area contributed by atoms with Gasteiger partial charge in [0.2, 0.25) is 0 Å². The lowest BCUT2D eigenvalue weighted by atomic mass is 10.2. The monoisotopic (exact) mass is 271 g/mol. The summed E-state index contributed by atoms with van der Waals surface area (Å²) in [6.45, 7) is 4.93. The minimum absolute atomic E-state index is 0.794. The maximum Gasteiger partial charge on any atom is 0.117 e. The molecule has 0 aliphatic carbocycles. The van der Waals surface area contributed by atoms with Gasteiger partial charge >= 0.3 is 0 Å². The van der Waals surface area contributed by atoms with Crippen LogP contribution in [0.5, 0.6) is 0 Å². The van der Waals surface area contributed by atoms with Gasteiger partial charge in [0.15, 0.2) is 0 Å². The van der Waals surface area contributed by atoms with Crippen LogP contribution in [-0.2, 0) is 6.54 Å². The van der Waals surface area contributed by atoms with E-state index in [-0.39, 0.29) is 0 Å². The first-order valence-electron chi connectivity index (χ1n) is 7.13. The van der Waals surface area contributed by atoms with Crippen molar-refractivity contribution in [3.8, 4) is 0 Å². The Hall–Kier alpha value is -1.94. The van der Waals surface area contributed by atoms with Gasteiger partial charge in [-0.2, -0.15) is 0 Å². The molecule has 20 heavy (non-hydrogen) atoms. The van der Waals surface area contributed by atoms with Crippen molar-refractivity contribution in [2.24, 2.45) is 0 Å². The molecule has 0 fully saturated rings. The summed E-state index contributed by atoms with van der Waals surface area (Å²) >= 11 is 0. The maximum atomic E-state index is 5.31. The minimum Gasteiger partial charge on any atom is -0.468 e. The Kier molecular flexibility index (Phi) is 3.92. The van der Waals surface area contributed by atoms with E-state index in [2.05, 4.69) is 46.4 Å². The Morgan fingerprint density at radius 1 is 1.10 bits per heavy atom. The number of nitrogens with one attached hydrogen (secondary N) is 1. The van der Waals surface area contributed by atoms with Crippen LogP contribution in [0.15, 0.2) is 47.1 Å². The van der Waals surface area contributed by atoms with Crippen LogP contribution in [-0.4, -0.2) is 33.2 Å². The van der Waals surface area contributed by atoms with Crippen molar-refractivity contribution < 1.29 is 4.42 Å². The van der Waals surface area contributed by atoms with E-state index in [9.17, 15) is 0 Å². The highest BCUT2D eigenvalue weighted by molar-refractivity contribution is 5.73. The third-order valence-electron chi connectivity index (χ3n) is 3.78. The molecule has 0 spiro atoms. The van der Waals surface area contributed by atoms with Gasteiger partial charge in [0.25, 0.3) is 0 Å². The maximum absolute atomic E-state index is 5.31. The molecule has 1 aromatic heterocycles. The van der Waals surface area contributed by atoms with Crippen LogP contribution in [0.4, 0.5) is 11.4 Å². The van der Waals surface area contributed by atoms with Crippen molar-refractivity contribution in [3.63, 3.8) is 0 Å².